The molecule has 0 atom stereocenters. The molecule has 0 saturated heterocycles. The molecule has 9 heteroatoms. The van der Waals surface area contributed by atoms with Gasteiger partial charge in [-0.15, -0.1) is 11.3 Å². The summed E-state index contributed by atoms with van der Waals surface area (Å²) < 4.78 is 31.7. The largest absolute Gasteiger partial charge is 0.456 e. The van der Waals surface area contributed by atoms with Crippen LogP contribution < -0.4 is 4.74 Å². The molecule has 0 aliphatic carbocycles. The molecule has 0 amide bonds. The molecule has 154 valence electrons. The molecule has 3 aromatic rings. The van der Waals surface area contributed by atoms with E-state index in [1.165, 1.54) is 0 Å². The zero-order chi connectivity index (χ0) is 21.4. The number of thiophene rings is 1. The Labute approximate surface area is 183 Å². The second kappa shape index (κ2) is 7.65. The highest BCUT2D eigenvalue weighted by molar-refractivity contribution is 7.92. The summed E-state index contributed by atoms with van der Waals surface area (Å²) in [4.78, 5) is 11.0. The SMILES string of the molecule is N#Cc1c(CS(=O)(=O)c2cccs2)cccc1Oc1ccc2c(c1)C1=NCCN1C=N2. The van der Waals surface area contributed by atoms with Crippen LogP contribution in [0.2, 0.25) is 0 Å². The van der Waals surface area contributed by atoms with E-state index >= 15 is 0 Å². The van der Waals surface area contributed by atoms with Crippen molar-refractivity contribution in [2.75, 3.05) is 13.1 Å². The Bertz CT molecular complexity index is 1370. The van der Waals surface area contributed by atoms with Crippen molar-refractivity contribution < 1.29 is 13.2 Å². The molecule has 2 aliphatic heterocycles. The summed E-state index contributed by atoms with van der Waals surface area (Å²) in [7, 11) is -3.54. The van der Waals surface area contributed by atoms with Gasteiger partial charge in [-0.3, -0.25) is 4.99 Å². The second-order valence-corrected chi connectivity index (χ2v) is 10.2. The van der Waals surface area contributed by atoms with E-state index in [1.54, 1.807) is 48.1 Å². The van der Waals surface area contributed by atoms with Gasteiger partial charge in [0.2, 0.25) is 0 Å². The third-order valence-corrected chi connectivity index (χ3v) is 8.17. The number of ether oxygens (including phenoxy) is 1. The molecule has 3 heterocycles. The van der Waals surface area contributed by atoms with Crippen molar-refractivity contribution in [1.82, 2.24) is 4.90 Å². The first-order valence-corrected chi connectivity index (χ1v) is 12.0. The van der Waals surface area contributed by atoms with Crippen molar-refractivity contribution in [2.24, 2.45) is 9.98 Å². The molecule has 0 spiro atoms. The summed E-state index contributed by atoms with van der Waals surface area (Å²) in [6, 6.07) is 15.8. The minimum Gasteiger partial charge on any atom is -0.456 e. The number of fused-ring (bicyclic) bond motifs is 3. The van der Waals surface area contributed by atoms with E-state index in [1.807, 2.05) is 17.0 Å². The maximum atomic E-state index is 12.7. The fourth-order valence-electron chi connectivity index (χ4n) is 3.57. The van der Waals surface area contributed by atoms with Crippen LogP contribution in [-0.4, -0.2) is 38.6 Å². The predicted octanol–water partition coefficient (Wildman–Crippen LogP) is 4.12. The zero-order valence-electron chi connectivity index (χ0n) is 16.2. The fourth-order valence-corrected chi connectivity index (χ4v) is 6.02. The lowest BCUT2D eigenvalue weighted by molar-refractivity contribution is 0.480. The van der Waals surface area contributed by atoms with Gasteiger partial charge in [0.1, 0.15) is 27.6 Å². The van der Waals surface area contributed by atoms with Crippen LogP contribution in [0.1, 0.15) is 16.7 Å². The van der Waals surface area contributed by atoms with E-state index < -0.39 is 9.84 Å². The third-order valence-electron chi connectivity index (χ3n) is 5.02. The van der Waals surface area contributed by atoms with Crippen LogP contribution in [0.15, 0.2) is 68.1 Å². The number of aliphatic imine (C=N–C) groups is 2. The van der Waals surface area contributed by atoms with Crippen LogP contribution in [-0.2, 0) is 15.6 Å². The molecule has 0 bridgehead atoms. The normalized spacial score (nSPS) is 14.5. The van der Waals surface area contributed by atoms with Gasteiger partial charge in [0, 0.05) is 12.1 Å². The molecule has 31 heavy (non-hydrogen) atoms. The number of nitriles is 1. The molecule has 5 rings (SSSR count). The molecule has 7 nitrogen and oxygen atoms in total. The molecule has 0 radical (unpaired) electrons. The van der Waals surface area contributed by atoms with Gasteiger partial charge in [0.15, 0.2) is 9.84 Å². The first-order valence-electron chi connectivity index (χ1n) is 9.51. The molecule has 2 aliphatic rings. The van der Waals surface area contributed by atoms with Gasteiger partial charge < -0.3 is 9.64 Å². The number of benzene rings is 2. The predicted molar refractivity (Wildman–Crippen MR) is 119 cm³/mol. The van der Waals surface area contributed by atoms with E-state index in [2.05, 4.69) is 16.1 Å². The summed E-state index contributed by atoms with van der Waals surface area (Å²) in [5, 5.41) is 11.5. The molecule has 0 saturated carbocycles. The molecular formula is C22H16N4O3S2. The minimum atomic E-state index is -3.54. The highest BCUT2D eigenvalue weighted by Crippen LogP contribution is 2.34. The molecule has 1 aromatic heterocycles. The molecular weight excluding hydrogens is 432 g/mol. The number of hydrogen-bond acceptors (Lipinski definition) is 8. The Morgan fingerprint density at radius 3 is 2.90 bits per heavy atom. The number of rotatable bonds is 5. The van der Waals surface area contributed by atoms with Gasteiger partial charge in [-0.25, -0.2) is 13.4 Å². The molecule has 0 fully saturated rings. The highest BCUT2D eigenvalue weighted by atomic mass is 32.2. The standard InChI is InChI=1S/C22H16N4O3S2/c23-12-18-15(13-31(27,28)21-5-2-10-30-21)3-1-4-20(18)29-16-6-7-19-17(11-16)22-24-8-9-26(22)14-25-19/h1-7,10-11,14H,8-9,13H2. The molecule has 2 aromatic carbocycles. The summed E-state index contributed by atoms with van der Waals surface area (Å²) in [5.41, 5.74) is 2.29. The van der Waals surface area contributed by atoms with Crippen LogP contribution in [0.4, 0.5) is 5.69 Å². The topological polar surface area (TPSA) is 95.1 Å². The van der Waals surface area contributed by atoms with Gasteiger partial charge in [-0.05, 0) is 41.3 Å². The fraction of sp³-hybridized carbons (Fsp3) is 0.136. The quantitative estimate of drug-likeness (QED) is 0.585. The van der Waals surface area contributed by atoms with Gasteiger partial charge in [-0.2, -0.15) is 5.26 Å². The van der Waals surface area contributed by atoms with Crippen molar-refractivity contribution in [3.8, 4) is 17.6 Å². The summed E-state index contributed by atoms with van der Waals surface area (Å²) in [5.74, 6) is 1.43. The average Bonchev–Trinajstić information content (AvgIpc) is 3.46. The lowest BCUT2D eigenvalue weighted by Crippen LogP contribution is -2.29. The Balaban J connectivity index is 1.47. The molecule has 0 N–H and O–H groups in total. The number of sulfone groups is 1. The maximum Gasteiger partial charge on any atom is 0.191 e. The summed E-state index contributed by atoms with van der Waals surface area (Å²) in [6.07, 6.45) is 1.78. The van der Waals surface area contributed by atoms with Gasteiger partial charge in [-0.1, -0.05) is 18.2 Å². The first-order chi connectivity index (χ1) is 15.0. The Morgan fingerprint density at radius 1 is 1.19 bits per heavy atom. The van der Waals surface area contributed by atoms with E-state index in [0.717, 1.165) is 35.0 Å². The lowest BCUT2D eigenvalue weighted by atomic mass is 10.1. The average molecular weight is 449 g/mol. The van der Waals surface area contributed by atoms with Gasteiger partial charge >= 0.3 is 0 Å². The summed E-state index contributed by atoms with van der Waals surface area (Å²) in [6.45, 7) is 1.51. The lowest BCUT2D eigenvalue weighted by Gasteiger charge is -2.21. The van der Waals surface area contributed by atoms with E-state index in [9.17, 15) is 13.7 Å². The van der Waals surface area contributed by atoms with Crippen molar-refractivity contribution in [3.05, 3.63) is 70.6 Å². The maximum absolute atomic E-state index is 12.7. The number of nitrogens with zero attached hydrogens (tertiary/aromatic N) is 4. The van der Waals surface area contributed by atoms with Crippen molar-refractivity contribution in [1.29, 1.82) is 5.26 Å². The van der Waals surface area contributed by atoms with Crippen molar-refractivity contribution in [3.63, 3.8) is 0 Å². The first kappa shape index (κ1) is 19.5. The van der Waals surface area contributed by atoms with Crippen molar-refractivity contribution in [2.45, 2.75) is 9.96 Å². The van der Waals surface area contributed by atoms with E-state index in [0.29, 0.717) is 23.6 Å². The third kappa shape index (κ3) is 3.60. The second-order valence-electron chi connectivity index (χ2n) is 7.02. The monoisotopic (exact) mass is 448 g/mol. The number of amidine groups is 1. The Morgan fingerprint density at radius 2 is 2.10 bits per heavy atom. The van der Waals surface area contributed by atoms with Crippen LogP contribution in [0, 0.1) is 11.3 Å². The summed E-state index contributed by atoms with van der Waals surface area (Å²) >= 11 is 1.16. The number of hydrogen-bond donors (Lipinski definition) is 0. The smallest absolute Gasteiger partial charge is 0.191 e. The van der Waals surface area contributed by atoms with E-state index in [4.69, 9.17) is 4.74 Å². The van der Waals surface area contributed by atoms with Crippen LogP contribution in [0.5, 0.6) is 11.5 Å². The van der Waals surface area contributed by atoms with E-state index in [-0.39, 0.29) is 15.5 Å². The van der Waals surface area contributed by atoms with Gasteiger partial charge in [0.05, 0.1) is 29.9 Å². The Hall–Kier alpha value is -3.48. The Kier molecular flexibility index (Phi) is 4.81. The van der Waals surface area contributed by atoms with Crippen LogP contribution in [0.25, 0.3) is 0 Å². The highest BCUT2D eigenvalue weighted by Gasteiger charge is 2.24. The zero-order valence-corrected chi connectivity index (χ0v) is 17.9. The van der Waals surface area contributed by atoms with Crippen LogP contribution in [0.3, 0.4) is 0 Å². The molecule has 0 unspecified atom stereocenters. The van der Waals surface area contributed by atoms with Crippen LogP contribution >= 0.6 is 11.3 Å². The minimum absolute atomic E-state index is 0.207. The van der Waals surface area contributed by atoms with Crippen molar-refractivity contribution >= 4 is 39.0 Å². The van der Waals surface area contributed by atoms with Gasteiger partial charge in [0.25, 0.3) is 0 Å².